The van der Waals surface area contributed by atoms with Crippen molar-refractivity contribution in [3.8, 4) is 0 Å². The smallest absolute Gasteiger partial charge is 0.220 e. The van der Waals surface area contributed by atoms with Gasteiger partial charge < -0.3 is 5.32 Å². The highest BCUT2D eigenvalue weighted by molar-refractivity contribution is 7.91. The van der Waals surface area contributed by atoms with Crippen LogP contribution in [0.5, 0.6) is 0 Å². The number of ketones is 1. The number of carbonyl (C=O) groups excluding carboxylic acids is 2. The second-order valence-electron chi connectivity index (χ2n) is 6.50. The van der Waals surface area contributed by atoms with Gasteiger partial charge >= 0.3 is 0 Å². The average molecular weight is 351 g/mol. The van der Waals surface area contributed by atoms with Crippen molar-refractivity contribution in [2.24, 2.45) is 5.92 Å². The van der Waals surface area contributed by atoms with Crippen LogP contribution >= 0.6 is 0 Å². The fraction of sp³-hybridized carbons (Fsp3) is 0.556. The third-order valence-corrected chi connectivity index (χ3v) is 6.30. The number of aryl methyl sites for hydroxylation is 1. The normalized spacial score (nSPS) is 19.1. The fourth-order valence-electron chi connectivity index (χ4n) is 3.05. The fourth-order valence-corrected chi connectivity index (χ4v) is 4.96. The molecule has 0 aromatic heterocycles. The molecule has 1 amide bonds. The zero-order valence-corrected chi connectivity index (χ0v) is 14.9. The summed E-state index contributed by atoms with van der Waals surface area (Å²) in [5, 5.41) is 2.81. The molecule has 1 aliphatic heterocycles. The molecule has 2 rings (SSSR count). The van der Waals surface area contributed by atoms with Crippen molar-refractivity contribution in [3.63, 3.8) is 0 Å². The van der Waals surface area contributed by atoms with Gasteiger partial charge in [-0.1, -0.05) is 24.3 Å². The number of hydrogen-bond donors (Lipinski definition) is 1. The van der Waals surface area contributed by atoms with E-state index < -0.39 is 9.84 Å². The summed E-state index contributed by atoms with van der Waals surface area (Å²) in [6.07, 6.45) is 2.73. The topological polar surface area (TPSA) is 80.3 Å². The molecule has 1 atom stereocenters. The van der Waals surface area contributed by atoms with Gasteiger partial charge in [-0.3, -0.25) is 9.59 Å². The lowest BCUT2D eigenvalue weighted by molar-refractivity contribution is -0.121. The van der Waals surface area contributed by atoms with E-state index in [4.69, 9.17) is 0 Å². The van der Waals surface area contributed by atoms with Gasteiger partial charge in [0.1, 0.15) is 0 Å². The molecule has 1 unspecified atom stereocenters. The summed E-state index contributed by atoms with van der Waals surface area (Å²) < 4.78 is 22.7. The molecule has 0 bridgehead atoms. The molecule has 5 nitrogen and oxygen atoms in total. The Hall–Kier alpha value is -1.69. The highest BCUT2D eigenvalue weighted by Gasteiger charge is 2.27. The van der Waals surface area contributed by atoms with Gasteiger partial charge in [-0.2, -0.15) is 0 Å². The van der Waals surface area contributed by atoms with E-state index in [9.17, 15) is 18.0 Å². The maximum Gasteiger partial charge on any atom is 0.220 e. The molecule has 1 N–H and O–H groups in total. The number of amides is 1. The number of rotatable bonds is 8. The van der Waals surface area contributed by atoms with Crippen LogP contribution in [0.25, 0.3) is 0 Å². The van der Waals surface area contributed by atoms with E-state index in [1.54, 1.807) is 6.07 Å². The summed E-state index contributed by atoms with van der Waals surface area (Å²) >= 11 is 0. The summed E-state index contributed by atoms with van der Waals surface area (Å²) in [5.74, 6) is 0.668. The molecule has 6 heteroatoms. The Bertz CT molecular complexity index is 697. The highest BCUT2D eigenvalue weighted by Crippen LogP contribution is 2.22. The lowest BCUT2D eigenvalue weighted by atomic mass is 10.0. The van der Waals surface area contributed by atoms with E-state index in [2.05, 4.69) is 5.32 Å². The molecular weight excluding hydrogens is 326 g/mol. The number of carbonyl (C=O) groups is 2. The second kappa shape index (κ2) is 8.42. The largest absolute Gasteiger partial charge is 0.356 e. The van der Waals surface area contributed by atoms with Gasteiger partial charge in [0.05, 0.1) is 11.5 Å². The molecule has 0 radical (unpaired) electrons. The van der Waals surface area contributed by atoms with Crippen molar-refractivity contribution in [2.75, 3.05) is 18.1 Å². The predicted octanol–water partition coefficient (Wildman–Crippen LogP) is 2.29. The Morgan fingerprint density at radius 1 is 1.21 bits per heavy atom. The Kier molecular flexibility index (Phi) is 6.54. The molecule has 1 fully saturated rings. The van der Waals surface area contributed by atoms with Crippen LogP contribution in [0.1, 0.15) is 48.0 Å². The van der Waals surface area contributed by atoms with Gasteiger partial charge in [-0.15, -0.1) is 0 Å². The van der Waals surface area contributed by atoms with E-state index >= 15 is 0 Å². The Labute approximate surface area is 143 Å². The summed E-state index contributed by atoms with van der Waals surface area (Å²) in [6, 6.07) is 7.37. The van der Waals surface area contributed by atoms with E-state index in [1.807, 2.05) is 25.1 Å². The third-order valence-electron chi connectivity index (χ3n) is 4.46. The first-order valence-electron chi connectivity index (χ1n) is 8.43. The first-order chi connectivity index (χ1) is 11.4. The Morgan fingerprint density at radius 3 is 2.62 bits per heavy atom. The minimum atomic E-state index is -2.82. The average Bonchev–Trinajstić information content (AvgIpc) is 2.89. The molecule has 24 heavy (non-hydrogen) atoms. The number of hydrogen-bond acceptors (Lipinski definition) is 4. The number of nitrogens with one attached hydrogen (secondary N) is 1. The molecule has 1 saturated heterocycles. The third kappa shape index (κ3) is 5.74. The second-order valence-corrected chi connectivity index (χ2v) is 8.73. The van der Waals surface area contributed by atoms with Gasteiger partial charge in [0.25, 0.3) is 0 Å². The molecule has 0 spiro atoms. The SMILES string of the molecule is Cc1ccccc1C(=O)CCC(=O)NCCCC1CCS(=O)(=O)C1. The van der Waals surface area contributed by atoms with Crippen molar-refractivity contribution in [3.05, 3.63) is 35.4 Å². The number of Topliss-reactive ketones (excluding diaryl/α,β-unsaturated/α-hetero) is 1. The highest BCUT2D eigenvalue weighted by atomic mass is 32.2. The van der Waals surface area contributed by atoms with Crippen LogP contribution < -0.4 is 5.32 Å². The predicted molar refractivity (Wildman–Crippen MR) is 93.7 cm³/mol. The minimum absolute atomic E-state index is 0.0144. The quantitative estimate of drug-likeness (QED) is 0.575. The van der Waals surface area contributed by atoms with Gasteiger partial charge in [0, 0.05) is 24.9 Å². The van der Waals surface area contributed by atoms with Crippen molar-refractivity contribution < 1.29 is 18.0 Å². The molecule has 1 aliphatic rings. The molecule has 0 aliphatic carbocycles. The summed E-state index contributed by atoms with van der Waals surface area (Å²) in [4.78, 5) is 23.9. The van der Waals surface area contributed by atoms with Crippen molar-refractivity contribution in [2.45, 2.75) is 39.0 Å². The van der Waals surface area contributed by atoms with Crippen molar-refractivity contribution in [1.29, 1.82) is 0 Å². The van der Waals surface area contributed by atoms with Crippen molar-refractivity contribution in [1.82, 2.24) is 5.32 Å². The van der Waals surface area contributed by atoms with E-state index in [0.29, 0.717) is 17.9 Å². The molecule has 1 aromatic rings. The van der Waals surface area contributed by atoms with E-state index in [-0.39, 0.29) is 36.2 Å². The van der Waals surface area contributed by atoms with Crippen LogP contribution in [-0.4, -0.2) is 38.2 Å². The van der Waals surface area contributed by atoms with E-state index in [0.717, 1.165) is 24.8 Å². The van der Waals surface area contributed by atoms with Crippen LogP contribution in [0.2, 0.25) is 0 Å². The van der Waals surface area contributed by atoms with E-state index in [1.165, 1.54) is 0 Å². The van der Waals surface area contributed by atoms with Crippen LogP contribution in [0.4, 0.5) is 0 Å². The van der Waals surface area contributed by atoms with Crippen molar-refractivity contribution >= 4 is 21.5 Å². The molecular formula is C18H25NO4S. The lowest BCUT2D eigenvalue weighted by Crippen LogP contribution is -2.25. The van der Waals surface area contributed by atoms with Gasteiger partial charge in [0.15, 0.2) is 15.6 Å². The van der Waals surface area contributed by atoms with Crippen LogP contribution in [0.15, 0.2) is 24.3 Å². The standard InChI is InChI=1S/C18H25NO4S/c1-14-5-2-3-7-16(14)17(20)8-9-18(21)19-11-4-6-15-10-12-24(22,23)13-15/h2-3,5,7,15H,4,6,8-13H2,1H3,(H,19,21). The first kappa shape index (κ1) is 18.6. The monoisotopic (exact) mass is 351 g/mol. The summed E-state index contributed by atoms with van der Waals surface area (Å²) in [5.41, 5.74) is 1.60. The molecule has 1 heterocycles. The van der Waals surface area contributed by atoms with Crippen LogP contribution in [0.3, 0.4) is 0 Å². The summed E-state index contributed by atoms with van der Waals surface area (Å²) in [6.45, 7) is 2.42. The number of benzene rings is 1. The van der Waals surface area contributed by atoms with Gasteiger partial charge in [-0.25, -0.2) is 8.42 Å². The van der Waals surface area contributed by atoms with Crippen LogP contribution in [0, 0.1) is 12.8 Å². The zero-order valence-electron chi connectivity index (χ0n) is 14.1. The Morgan fingerprint density at radius 2 is 1.96 bits per heavy atom. The molecule has 0 saturated carbocycles. The molecule has 132 valence electrons. The molecule has 1 aromatic carbocycles. The minimum Gasteiger partial charge on any atom is -0.356 e. The number of sulfone groups is 1. The maximum absolute atomic E-state index is 12.1. The van der Waals surface area contributed by atoms with Gasteiger partial charge in [-0.05, 0) is 37.7 Å². The lowest BCUT2D eigenvalue weighted by Gasteiger charge is -2.09. The van der Waals surface area contributed by atoms with Gasteiger partial charge in [0.2, 0.25) is 5.91 Å². The van der Waals surface area contributed by atoms with Crippen LogP contribution in [-0.2, 0) is 14.6 Å². The first-order valence-corrected chi connectivity index (χ1v) is 10.3. The summed E-state index contributed by atoms with van der Waals surface area (Å²) in [7, 11) is -2.82. The maximum atomic E-state index is 12.1. The Balaban J connectivity index is 1.62. The zero-order chi connectivity index (χ0) is 17.6.